The number of rotatable bonds is 4. The first-order valence-corrected chi connectivity index (χ1v) is 7.43. The molecular weight excluding hydrogens is 387 g/mol. The molecule has 0 N–H and O–H groups in total. The molecule has 112 valence electrons. The van der Waals surface area contributed by atoms with Crippen molar-refractivity contribution in [1.82, 2.24) is 19.3 Å². The molecule has 2 aromatic heterocycles. The normalized spacial score (nSPS) is 10.7. The Labute approximate surface area is 135 Å². The molecule has 2 rings (SSSR count). The van der Waals surface area contributed by atoms with Gasteiger partial charge in [-0.1, -0.05) is 0 Å². The molecule has 0 unspecified atom stereocenters. The zero-order valence-electron chi connectivity index (χ0n) is 12.0. The molecule has 7 nitrogen and oxygen atoms in total. The lowest BCUT2D eigenvalue weighted by atomic mass is 10.2. The average Bonchev–Trinajstić information content (AvgIpc) is 2.81. The molecular formula is C13H15IN4O3. The van der Waals surface area contributed by atoms with Gasteiger partial charge < -0.3 is 4.74 Å². The number of ether oxygens (including phenoxy) is 1. The van der Waals surface area contributed by atoms with Crippen LogP contribution in [-0.2, 0) is 18.3 Å². The summed E-state index contributed by atoms with van der Waals surface area (Å²) in [4.78, 5) is 28.3. The number of aryl methyl sites for hydroxylation is 2. The quantitative estimate of drug-likeness (QED) is 0.566. The fraction of sp³-hybridized carbons (Fsp3) is 0.385. The second kappa shape index (κ2) is 6.37. The summed E-state index contributed by atoms with van der Waals surface area (Å²) in [6.45, 7) is 4.02. The number of aromatic nitrogens is 4. The summed E-state index contributed by atoms with van der Waals surface area (Å²) in [6, 6.07) is 0. The molecule has 0 bridgehead atoms. The van der Waals surface area contributed by atoms with Crippen molar-refractivity contribution in [3.05, 3.63) is 43.4 Å². The summed E-state index contributed by atoms with van der Waals surface area (Å²) in [7, 11) is 1.72. The van der Waals surface area contributed by atoms with Crippen LogP contribution in [0.1, 0.15) is 28.7 Å². The fourth-order valence-electron chi connectivity index (χ4n) is 1.85. The van der Waals surface area contributed by atoms with Gasteiger partial charge >= 0.3 is 5.97 Å². The molecule has 2 heterocycles. The summed E-state index contributed by atoms with van der Waals surface area (Å²) >= 11 is 1.97. The molecule has 21 heavy (non-hydrogen) atoms. The Hall–Kier alpha value is -1.71. The molecule has 0 aromatic carbocycles. The molecule has 0 aliphatic rings. The Bertz CT molecular complexity index is 736. The lowest BCUT2D eigenvalue weighted by Crippen LogP contribution is -2.26. The number of carbonyl (C=O) groups excluding carboxylic acids is 1. The number of hydrogen-bond acceptors (Lipinski definition) is 5. The maximum absolute atomic E-state index is 12.2. The van der Waals surface area contributed by atoms with E-state index in [-0.39, 0.29) is 18.7 Å². The van der Waals surface area contributed by atoms with E-state index in [1.54, 1.807) is 25.6 Å². The van der Waals surface area contributed by atoms with Crippen LogP contribution in [0, 0.1) is 10.5 Å². The van der Waals surface area contributed by atoms with Gasteiger partial charge in [-0.2, -0.15) is 5.10 Å². The Kier molecular flexibility index (Phi) is 4.76. The minimum atomic E-state index is -0.441. The van der Waals surface area contributed by atoms with Crippen molar-refractivity contribution in [1.29, 1.82) is 0 Å². The number of halogens is 1. The minimum Gasteiger partial charge on any atom is -0.462 e. The van der Waals surface area contributed by atoms with Crippen LogP contribution in [0.2, 0.25) is 0 Å². The second-order valence-corrected chi connectivity index (χ2v) is 5.50. The van der Waals surface area contributed by atoms with Crippen molar-refractivity contribution >= 4 is 28.6 Å². The van der Waals surface area contributed by atoms with Gasteiger partial charge in [-0.25, -0.2) is 9.78 Å². The predicted octanol–water partition coefficient (Wildman–Crippen LogP) is 1.11. The second-order valence-electron chi connectivity index (χ2n) is 4.43. The molecule has 0 saturated carbocycles. The van der Waals surface area contributed by atoms with E-state index < -0.39 is 5.97 Å². The molecule has 0 saturated heterocycles. The Morgan fingerprint density at radius 3 is 2.86 bits per heavy atom. The lowest BCUT2D eigenvalue weighted by Gasteiger charge is -2.09. The van der Waals surface area contributed by atoms with Gasteiger partial charge in [-0.05, 0) is 36.4 Å². The van der Waals surface area contributed by atoms with Crippen molar-refractivity contribution in [3.63, 3.8) is 0 Å². The monoisotopic (exact) mass is 402 g/mol. The highest BCUT2D eigenvalue weighted by Gasteiger charge is 2.18. The third-order valence-electron chi connectivity index (χ3n) is 3.03. The molecule has 2 aromatic rings. The third-order valence-corrected chi connectivity index (χ3v) is 4.28. The molecule has 0 aliphatic carbocycles. The zero-order valence-corrected chi connectivity index (χ0v) is 14.1. The summed E-state index contributed by atoms with van der Waals surface area (Å²) in [5.41, 5.74) is 1.52. The highest BCUT2D eigenvalue weighted by atomic mass is 127. The van der Waals surface area contributed by atoms with Crippen LogP contribution in [0.4, 0.5) is 0 Å². The number of carbonyl (C=O) groups is 1. The maximum atomic E-state index is 12.2. The number of hydrogen-bond donors (Lipinski definition) is 0. The smallest absolute Gasteiger partial charge is 0.341 e. The Morgan fingerprint density at radius 2 is 2.19 bits per heavy atom. The third kappa shape index (κ3) is 3.14. The summed E-state index contributed by atoms with van der Waals surface area (Å²) < 4.78 is 8.57. The van der Waals surface area contributed by atoms with Crippen LogP contribution in [0.5, 0.6) is 0 Å². The highest BCUT2D eigenvalue weighted by Crippen LogP contribution is 2.11. The molecule has 0 spiro atoms. The van der Waals surface area contributed by atoms with Gasteiger partial charge in [0.2, 0.25) is 0 Å². The van der Waals surface area contributed by atoms with Crippen molar-refractivity contribution in [2.75, 3.05) is 6.61 Å². The molecule has 0 amide bonds. The van der Waals surface area contributed by atoms with Gasteiger partial charge in [0.15, 0.2) is 0 Å². The fourth-order valence-corrected chi connectivity index (χ4v) is 2.30. The Balaban J connectivity index is 2.41. The first-order valence-electron chi connectivity index (χ1n) is 6.35. The summed E-state index contributed by atoms with van der Waals surface area (Å²) in [5, 5.41) is 4.06. The van der Waals surface area contributed by atoms with Crippen LogP contribution in [0.15, 0.2) is 17.3 Å². The minimum absolute atomic E-state index is 0.140. The summed E-state index contributed by atoms with van der Waals surface area (Å²) in [5.74, 6) is -0.441. The van der Waals surface area contributed by atoms with Gasteiger partial charge in [0.05, 0.1) is 40.6 Å². The van der Waals surface area contributed by atoms with E-state index >= 15 is 0 Å². The molecule has 0 aliphatic heterocycles. The van der Waals surface area contributed by atoms with Crippen molar-refractivity contribution in [2.45, 2.75) is 20.4 Å². The van der Waals surface area contributed by atoms with E-state index in [2.05, 4.69) is 10.1 Å². The first-order chi connectivity index (χ1) is 9.95. The SMILES string of the molecule is CCOC(=O)c1cnn(C)c1Cn1cnc(C)c(I)c1=O. The Morgan fingerprint density at radius 1 is 1.48 bits per heavy atom. The first kappa shape index (κ1) is 15.7. The van der Waals surface area contributed by atoms with Gasteiger partial charge in [0.1, 0.15) is 5.56 Å². The average molecular weight is 402 g/mol. The van der Waals surface area contributed by atoms with E-state index in [0.29, 0.717) is 20.5 Å². The topological polar surface area (TPSA) is 79.0 Å². The molecule has 0 radical (unpaired) electrons. The van der Waals surface area contributed by atoms with Gasteiger partial charge in [-0.15, -0.1) is 0 Å². The van der Waals surface area contributed by atoms with Crippen LogP contribution >= 0.6 is 22.6 Å². The number of esters is 1. The predicted molar refractivity (Wildman–Crippen MR) is 84.2 cm³/mol. The molecule has 0 atom stereocenters. The van der Waals surface area contributed by atoms with Crippen molar-refractivity contribution in [2.24, 2.45) is 7.05 Å². The van der Waals surface area contributed by atoms with Gasteiger partial charge in [0.25, 0.3) is 5.56 Å². The van der Waals surface area contributed by atoms with Crippen LogP contribution in [0.3, 0.4) is 0 Å². The van der Waals surface area contributed by atoms with Crippen molar-refractivity contribution < 1.29 is 9.53 Å². The highest BCUT2D eigenvalue weighted by molar-refractivity contribution is 14.1. The van der Waals surface area contributed by atoms with Crippen LogP contribution < -0.4 is 5.56 Å². The number of nitrogens with zero attached hydrogens (tertiary/aromatic N) is 4. The zero-order chi connectivity index (χ0) is 15.6. The summed E-state index contributed by atoms with van der Waals surface area (Å²) in [6.07, 6.45) is 2.92. The van der Waals surface area contributed by atoms with E-state index in [4.69, 9.17) is 4.74 Å². The van der Waals surface area contributed by atoms with Crippen LogP contribution in [0.25, 0.3) is 0 Å². The molecule has 8 heteroatoms. The standard InChI is InChI=1S/C13H15IN4O3/c1-4-21-13(20)9-5-16-17(3)10(9)6-18-7-15-8(2)11(14)12(18)19/h5,7H,4,6H2,1-3H3. The molecule has 0 fully saturated rings. The van der Waals surface area contributed by atoms with Crippen molar-refractivity contribution in [3.8, 4) is 0 Å². The lowest BCUT2D eigenvalue weighted by molar-refractivity contribution is 0.0524. The van der Waals surface area contributed by atoms with E-state index in [0.717, 1.165) is 0 Å². The maximum Gasteiger partial charge on any atom is 0.341 e. The van der Waals surface area contributed by atoms with E-state index in [1.807, 2.05) is 22.6 Å². The van der Waals surface area contributed by atoms with Crippen LogP contribution in [-0.4, -0.2) is 31.9 Å². The van der Waals surface area contributed by atoms with E-state index in [9.17, 15) is 9.59 Å². The van der Waals surface area contributed by atoms with Gasteiger partial charge in [-0.3, -0.25) is 14.0 Å². The largest absolute Gasteiger partial charge is 0.462 e. The van der Waals surface area contributed by atoms with E-state index in [1.165, 1.54) is 17.1 Å². The van der Waals surface area contributed by atoms with Gasteiger partial charge in [0, 0.05) is 7.05 Å².